The van der Waals surface area contributed by atoms with Gasteiger partial charge < -0.3 is 10.5 Å². The SMILES string of the molecule is CCOC1(C(N)CCc2cnn(C)c2)CCCCC1. The maximum absolute atomic E-state index is 6.47. The molecule has 0 aliphatic heterocycles. The van der Waals surface area contributed by atoms with Crippen molar-refractivity contribution in [2.75, 3.05) is 6.61 Å². The van der Waals surface area contributed by atoms with E-state index < -0.39 is 0 Å². The lowest BCUT2D eigenvalue weighted by Crippen LogP contribution is -2.51. The van der Waals surface area contributed by atoms with Crippen molar-refractivity contribution >= 4 is 0 Å². The first-order valence-corrected chi connectivity index (χ1v) is 7.53. The summed E-state index contributed by atoms with van der Waals surface area (Å²) in [6.07, 6.45) is 12.0. The van der Waals surface area contributed by atoms with Gasteiger partial charge in [0.2, 0.25) is 0 Å². The maximum Gasteiger partial charge on any atom is 0.0832 e. The monoisotopic (exact) mass is 265 g/mol. The topological polar surface area (TPSA) is 53.1 Å². The van der Waals surface area contributed by atoms with Crippen LogP contribution in [0.5, 0.6) is 0 Å². The second-order valence-electron chi connectivity index (χ2n) is 5.73. The maximum atomic E-state index is 6.47. The van der Waals surface area contributed by atoms with Crippen LogP contribution in [0.25, 0.3) is 0 Å². The second-order valence-corrected chi connectivity index (χ2v) is 5.73. The zero-order valence-electron chi connectivity index (χ0n) is 12.3. The number of aryl methyl sites for hydroxylation is 2. The van der Waals surface area contributed by atoms with E-state index in [1.165, 1.54) is 24.8 Å². The van der Waals surface area contributed by atoms with Crippen LogP contribution in [0.1, 0.15) is 51.0 Å². The number of hydrogen-bond acceptors (Lipinski definition) is 3. The Kier molecular flexibility index (Phi) is 4.99. The summed E-state index contributed by atoms with van der Waals surface area (Å²) in [4.78, 5) is 0. The van der Waals surface area contributed by atoms with Gasteiger partial charge in [0.1, 0.15) is 0 Å². The molecule has 0 saturated heterocycles. The molecule has 19 heavy (non-hydrogen) atoms. The fourth-order valence-corrected chi connectivity index (χ4v) is 3.25. The minimum Gasteiger partial charge on any atom is -0.374 e. The fraction of sp³-hybridized carbons (Fsp3) is 0.800. The molecular weight excluding hydrogens is 238 g/mol. The molecule has 1 fully saturated rings. The quantitative estimate of drug-likeness (QED) is 0.859. The van der Waals surface area contributed by atoms with Gasteiger partial charge in [-0.2, -0.15) is 5.10 Å². The first kappa shape index (κ1) is 14.5. The first-order valence-electron chi connectivity index (χ1n) is 7.53. The summed E-state index contributed by atoms with van der Waals surface area (Å²) in [5.74, 6) is 0. The van der Waals surface area contributed by atoms with Crippen molar-refractivity contribution in [3.8, 4) is 0 Å². The van der Waals surface area contributed by atoms with Crippen molar-refractivity contribution in [2.24, 2.45) is 12.8 Å². The number of hydrogen-bond donors (Lipinski definition) is 1. The van der Waals surface area contributed by atoms with E-state index in [0.29, 0.717) is 0 Å². The number of ether oxygens (including phenoxy) is 1. The normalized spacial score (nSPS) is 20.4. The summed E-state index contributed by atoms with van der Waals surface area (Å²) in [5, 5.41) is 4.21. The van der Waals surface area contributed by atoms with Crippen molar-refractivity contribution in [3.05, 3.63) is 18.0 Å². The summed E-state index contributed by atoms with van der Waals surface area (Å²) < 4.78 is 7.93. The Morgan fingerprint density at radius 1 is 1.42 bits per heavy atom. The Bertz CT molecular complexity index is 377. The summed E-state index contributed by atoms with van der Waals surface area (Å²) in [5.41, 5.74) is 7.66. The van der Waals surface area contributed by atoms with Crippen LogP contribution in [0, 0.1) is 0 Å². The second kappa shape index (κ2) is 6.53. The highest BCUT2D eigenvalue weighted by Gasteiger charge is 2.38. The molecular formula is C15H27N3O. The highest BCUT2D eigenvalue weighted by Crippen LogP contribution is 2.35. The van der Waals surface area contributed by atoms with Crippen molar-refractivity contribution in [3.63, 3.8) is 0 Å². The van der Waals surface area contributed by atoms with Crippen LogP contribution in [-0.4, -0.2) is 28.0 Å². The molecule has 0 amide bonds. The van der Waals surface area contributed by atoms with Crippen LogP contribution in [0.3, 0.4) is 0 Å². The molecule has 2 rings (SSSR count). The number of rotatable bonds is 6. The zero-order valence-corrected chi connectivity index (χ0v) is 12.3. The van der Waals surface area contributed by atoms with Gasteiger partial charge >= 0.3 is 0 Å². The molecule has 2 N–H and O–H groups in total. The number of aromatic nitrogens is 2. The Balaban J connectivity index is 1.93. The standard InChI is InChI=1S/C15H27N3O/c1-3-19-15(9-5-4-6-10-15)14(16)8-7-13-11-17-18(2)12-13/h11-12,14H,3-10,16H2,1-2H3. The zero-order chi connectivity index (χ0) is 13.7. The molecule has 1 atom stereocenters. The minimum atomic E-state index is -0.0742. The third kappa shape index (κ3) is 3.57. The van der Waals surface area contributed by atoms with E-state index >= 15 is 0 Å². The Morgan fingerprint density at radius 3 is 2.74 bits per heavy atom. The van der Waals surface area contributed by atoms with E-state index in [0.717, 1.165) is 32.3 Å². The van der Waals surface area contributed by atoms with Crippen molar-refractivity contribution in [1.82, 2.24) is 9.78 Å². The van der Waals surface area contributed by atoms with Gasteiger partial charge in [0.15, 0.2) is 0 Å². The van der Waals surface area contributed by atoms with Crippen LogP contribution in [0.4, 0.5) is 0 Å². The van der Waals surface area contributed by atoms with Crippen molar-refractivity contribution in [2.45, 2.75) is 63.5 Å². The van der Waals surface area contributed by atoms with E-state index in [2.05, 4.69) is 18.2 Å². The van der Waals surface area contributed by atoms with Gasteiger partial charge in [0, 0.05) is 25.9 Å². The van der Waals surface area contributed by atoms with Crippen LogP contribution in [0.15, 0.2) is 12.4 Å². The number of nitrogens with zero attached hydrogens (tertiary/aromatic N) is 2. The molecule has 0 spiro atoms. The van der Waals surface area contributed by atoms with Gasteiger partial charge in [-0.25, -0.2) is 0 Å². The molecule has 1 aliphatic carbocycles. The molecule has 0 bridgehead atoms. The molecule has 4 nitrogen and oxygen atoms in total. The largest absolute Gasteiger partial charge is 0.374 e. The summed E-state index contributed by atoms with van der Waals surface area (Å²) in [7, 11) is 1.95. The van der Waals surface area contributed by atoms with Crippen LogP contribution in [-0.2, 0) is 18.2 Å². The molecule has 1 aromatic rings. The van der Waals surface area contributed by atoms with Gasteiger partial charge in [-0.05, 0) is 38.2 Å². The Labute approximate surface area is 116 Å². The first-order chi connectivity index (χ1) is 9.16. The van der Waals surface area contributed by atoms with E-state index in [4.69, 9.17) is 10.5 Å². The molecule has 1 heterocycles. The fourth-order valence-electron chi connectivity index (χ4n) is 3.25. The van der Waals surface area contributed by atoms with Gasteiger partial charge in [-0.15, -0.1) is 0 Å². The average Bonchev–Trinajstić information content (AvgIpc) is 2.83. The Hall–Kier alpha value is -0.870. The predicted molar refractivity (Wildman–Crippen MR) is 76.9 cm³/mol. The minimum absolute atomic E-state index is 0.0742. The molecule has 0 radical (unpaired) electrons. The predicted octanol–water partition coefficient (Wildman–Crippen LogP) is 2.42. The molecule has 108 valence electrons. The summed E-state index contributed by atoms with van der Waals surface area (Å²) in [6.45, 7) is 2.84. The number of nitrogens with two attached hydrogens (primary N) is 1. The molecule has 1 saturated carbocycles. The van der Waals surface area contributed by atoms with E-state index in [1.807, 2.05) is 17.9 Å². The van der Waals surface area contributed by atoms with Gasteiger partial charge in [-0.3, -0.25) is 4.68 Å². The van der Waals surface area contributed by atoms with Crippen molar-refractivity contribution in [1.29, 1.82) is 0 Å². The molecule has 0 aromatic carbocycles. The highest BCUT2D eigenvalue weighted by atomic mass is 16.5. The van der Waals surface area contributed by atoms with Crippen LogP contribution >= 0.6 is 0 Å². The lowest BCUT2D eigenvalue weighted by Gasteiger charge is -2.41. The smallest absolute Gasteiger partial charge is 0.0832 e. The Morgan fingerprint density at radius 2 is 2.16 bits per heavy atom. The average molecular weight is 265 g/mol. The third-order valence-electron chi connectivity index (χ3n) is 4.31. The van der Waals surface area contributed by atoms with Gasteiger partial charge in [0.05, 0.1) is 11.8 Å². The van der Waals surface area contributed by atoms with E-state index in [9.17, 15) is 0 Å². The molecule has 1 aliphatic rings. The third-order valence-corrected chi connectivity index (χ3v) is 4.31. The molecule has 1 unspecified atom stereocenters. The van der Waals surface area contributed by atoms with Crippen LogP contribution < -0.4 is 5.73 Å². The van der Waals surface area contributed by atoms with E-state index in [-0.39, 0.29) is 11.6 Å². The lowest BCUT2D eigenvalue weighted by atomic mass is 9.77. The highest BCUT2D eigenvalue weighted by molar-refractivity contribution is 5.05. The van der Waals surface area contributed by atoms with Crippen molar-refractivity contribution < 1.29 is 4.74 Å². The van der Waals surface area contributed by atoms with Gasteiger partial charge in [-0.1, -0.05) is 19.3 Å². The van der Waals surface area contributed by atoms with Crippen LogP contribution in [0.2, 0.25) is 0 Å². The summed E-state index contributed by atoms with van der Waals surface area (Å²) >= 11 is 0. The lowest BCUT2D eigenvalue weighted by molar-refractivity contribution is -0.0832. The van der Waals surface area contributed by atoms with E-state index in [1.54, 1.807) is 0 Å². The van der Waals surface area contributed by atoms with Gasteiger partial charge in [0.25, 0.3) is 0 Å². The summed E-state index contributed by atoms with van der Waals surface area (Å²) in [6, 6.07) is 0.132. The molecule has 4 heteroatoms. The molecule has 1 aromatic heterocycles.